The van der Waals surface area contributed by atoms with Gasteiger partial charge >= 0.3 is 6.18 Å². The van der Waals surface area contributed by atoms with Crippen LogP contribution in [0.15, 0.2) is 59.9 Å². The number of thioether (sulfide) groups is 1. The number of fused-ring (bicyclic) bond motifs is 3. The highest BCUT2D eigenvalue weighted by Gasteiger charge is 2.33. The van der Waals surface area contributed by atoms with E-state index in [0.29, 0.717) is 28.7 Å². The van der Waals surface area contributed by atoms with Crippen molar-refractivity contribution in [2.75, 3.05) is 16.9 Å². The first-order chi connectivity index (χ1) is 17.7. The Kier molecular flexibility index (Phi) is 6.50. The number of carbonyl (C=O) groups excluding carboxylic acids is 1. The summed E-state index contributed by atoms with van der Waals surface area (Å²) in [5, 5.41) is 1.52. The standard InChI is InChI=1S/C26H22F3N5O2S/c1-14-22-18(13-36-14)17-7-5-15(10-19(17)33-23(22)30)12-34(20-4-3-9-31-24(20)37-2)25(35)16-6-8-21(32-11-16)26(27,28)29/h3-11,14H,12-13H2,1-2H3,(H2,30,33). The van der Waals surface area contributed by atoms with E-state index in [1.54, 1.807) is 18.3 Å². The highest BCUT2D eigenvalue weighted by molar-refractivity contribution is 7.98. The van der Waals surface area contributed by atoms with Crippen molar-refractivity contribution in [1.82, 2.24) is 15.0 Å². The van der Waals surface area contributed by atoms with Crippen LogP contribution in [-0.2, 0) is 24.1 Å². The van der Waals surface area contributed by atoms with E-state index in [1.807, 2.05) is 31.4 Å². The SMILES string of the molecule is CSc1ncccc1N(Cc1ccc2c3c(c(N)nc2c1)C(C)OC3)C(=O)c1ccc(C(F)(F)F)nc1. The first kappa shape index (κ1) is 25.0. The molecule has 7 nitrogen and oxygen atoms in total. The molecule has 190 valence electrons. The molecule has 11 heteroatoms. The zero-order chi connectivity index (χ0) is 26.3. The number of pyridine rings is 3. The summed E-state index contributed by atoms with van der Waals surface area (Å²) in [6.45, 7) is 2.50. The quantitative estimate of drug-likeness (QED) is 0.330. The summed E-state index contributed by atoms with van der Waals surface area (Å²) in [6.07, 6.45) is -0.336. The largest absolute Gasteiger partial charge is 0.433 e. The molecule has 5 rings (SSSR count). The summed E-state index contributed by atoms with van der Waals surface area (Å²) >= 11 is 1.36. The number of hydrogen-bond donors (Lipinski definition) is 1. The molecule has 0 radical (unpaired) electrons. The van der Waals surface area contributed by atoms with Gasteiger partial charge in [-0.15, -0.1) is 11.8 Å². The minimum atomic E-state index is -4.60. The number of anilines is 2. The second-order valence-corrected chi connectivity index (χ2v) is 9.34. The van der Waals surface area contributed by atoms with Crippen molar-refractivity contribution in [2.24, 2.45) is 0 Å². The minimum absolute atomic E-state index is 0.0241. The monoisotopic (exact) mass is 525 g/mol. The average Bonchev–Trinajstić information content (AvgIpc) is 3.28. The maximum absolute atomic E-state index is 13.6. The summed E-state index contributed by atoms with van der Waals surface area (Å²) in [4.78, 5) is 27.5. The first-order valence-corrected chi connectivity index (χ1v) is 12.6. The van der Waals surface area contributed by atoms with E-state index in [2.05, 4.69) is 15.0 Å². The van der Waals surface area contributed by atoms with Crippen LogP contribution in [0.25, 0.3) is 10.9 Å². The lowest BCUT2D eigenvalue weighted by molar-refractivity contribution is -0.141. The predicted molar refractivity (Wildman–Crippen MR) is 135 cm³/mol. The molecule has 1 aromatic carbocycles. The number of aromatic nitrogens is 3. The summed E-state index contributed by atoms with van der Waals surface area (Å²) in [5.74, 6) is -0.0985. The van der Waals surface area contributed by atoms with Crippen molar-refractivity contribution in [2.45, 2.75) is 37.4 Å². The molecule has 0 fully saturated rings. The zero-order valence-corrected chi connectivity index (χ0v) is 20.7. The number of benzene rings is 1. The Morgan fingerprint density at radius 2 is 2.03 bits per heavy atom. The molecule has 37 heavy (non-hydrogen) atoms. The number of nitrogens with two attached hydrogens (primary N) is 1. The molecule has 1 aliphatic heterocycles. The lowest BCUT2D eigenvalue weighted by atomic mass is 10.0. The normalized spacial score (nSPS) is 15.1. The molecule has 0 aliphatic carbocycles. The number of halogens is 3. The van der Waals surface area contributed by atoms with E-state index >= 15 is 0 Å². The molecule has 1 aliphatic rings. The summed E-state index contributed by atoms with van der Waals surface area (Å²) in [5.41, 5.74) is 9.04. The Bertz CT molecular complexity index is 1490. The van der Waals surface area contributed by atoms with Crippen LogP contribution < -0.4 is 10.6 Å². The molecule has 1 amide bonds. The maximum Gasteiger partial charge on any atom is 0.433 e. The smallest absolute Gasteiger partial charge is 0.383 e. The number of hydrogen-bond acceptors (Lipinski definition) is 7. The lowest BCUT2D eigenvalue weighted by Crippen LogP contribution is -2.31. The van der Waals surface area contributed by atoms with Crippen LogP contribution in [0.3, 0.4) is 0 Å². The summed E-state index contributed by atoms with van der Waals surface area (Å²) in [7, 11) is 0. The lowest BCUT2D eigenvalue weighted by Gasteiger charge is -2.25. The van der Waals surface area contributed by atoms with Gasteiger partial charge in [-0.05, 0) is 54.6 Å². The fourth-order valence-electron chi connectivity index (χ4n) is 4.45. The van der Waals surface area contributed by atoms with Gasteiger partial charge in [0.1, 0.15) is 16.5 Å². The van der Waals surface area contributed by atoms with Gasteiger partial charge in [-0.1, -0.05) is 12.1 Å². The Morgan fingerprint density at radius 1 is 1.22 bits per heavy atom. The number of ether oxygens (including phenoxy) is 1. The Balaban J connectivity index is 1.55. The third-order valence-corrected chi connectivity index (χ3v) is 6.94. The van der Waals surface area contributed by atoms with Crippen molar-refractivity contribution in [3.8, 4) is 0 Å². The first-order valence-electron chi connectivity index (χ1n) is 11.3. The molecule has 0 saturated heterocycles. The molecule has 0 spiro atoms. The van der Waals surface area contributed by atoms with Crippen LogP contribution >= 0.6 is 11.8 Å². The van der Waals surface area contributed by atoms with Crippen LogP contribution in [0.5, 0.6) is 0 Å². The van der Waals surface area contributed by atoms with Crippen LogP contribution in [0.4, 0.5) is 24.7 Å². The molecule has 2 N–H and O–H groups in total. The van der Waals surface area contributed by atoms with E-state index in [0.717, 1.165) is 40.4 Å². The van der Waals surface area contributed by atoms with Gasteiger partial charge in [0.25, 0.3) is 5.91 Å². The van der Waals surface area contributed by atoms with Gasteiger partial charge < -0.3 is 15.4 Å². The fourth-order valence-corrected chi connectivity index (χ4v) is 5.01. The van der Waals surface area contributed by atoms with Gasteiger partial charge in [0.2, 0.25) is 0 Å². The molecule has 3 aromatic heterocycles. The van der Waals surface area contributed by atoms with Crippen molar-refractivity contribution in [3.63, 3.8) is 0 Å². The third-order valence-electron chi connectivity index (χ3n) is 6.24. The highest BCUT2D eigenvalue weighted by Crippen LogP contribution is 2.38. The van der Waals surface area contributed by atoms with E-state index in [9.17, 15) is 18.0 Å². The van der Waals surface area contributed by atoms with E-state index < -0.39 is 17.8 Å². The fraction of sp³-hybridized carbons (Fsp3) is 0.231. The number of carbonyl (C=O) groups is 1. The molecular weight excluding hydrogens is 503 g/mol. The molecule has 1 unspecified atom stereocenters. The second kappa shape index (κ2) is 9.64. The van der Waals surface area contributed by atoms with Crippen LogP contribution in [0, 0.1) is 0 Å². The van der Waals surface area contributed by atoms with E-state index in [4.69, 9.17) is 10.5 Å². The molecule has 1 atom stereocenters. The second-order valence-electron chi connectivity index (χ2n) is 8.55. The zero-order valence-electron chi connectivity index (χ0n) is 19.9. The third kappa shape index (κ3) is 4.72. The van der Waals surface area contributed by atoms with Crippen molar-refractivity contribution >= 4 is 40.1 Å². The van der Waals surface area contributed by atoms with Crippen LogP contribution in [0.2, 0.25) is 0 Å². The van der Waals surface area contributed by atoms with Gasteiger partial charge in [-0.2, -0.15) is 13.2 Å². The topological polar surface area (TPSA) is 94.2 Å². The number of nitrogens with zero attached hydrogens (tertiary/aromatic N) is 4. The van der Waals surface area contributed by atoms with E-state index in [-0.39, 0.29) is 18.2 Å². The molecule has 4 heterocycles. The van der Waals surface area contributed by atoms with Crippen molar-refractivity contribution < 1.29 is 22.7 Å². The van der Waals surface area contributed by atoms with Crippen LogP contribution in [0.1, 0.15) is 45.8 Å². The van der Waals surface area contributed by atoms with Crippen LogP contribution in [-0.4, -0.2) is 27.1 Å². The van der Waals surface area contributed by atoms with E-state index in [1.165, 1.54) is 16.7 Å². The van der Waals surface area contributed by atoms with Gasteiger partial charge in [-0.25, -0.2) is 9.97 Å². The molecular formula is C26H22F3N5O2S. The Hall–Kier alpha value is -3.70. The Labute approximate surface area is 214 Å². The number of alkyl halides is 3. The predicted octanol–water partition coefficient (Wildman–Crippen LogP) is 5.79. The van der Waals surface area contributed by atoms with Gasteiger partial charge in [0, 0.05) is 23.3 Å². The molecule has 0 saturated carbocycles. The summed E-state index contributed by atoms with van der Waals surface area (Å²) < 4.78 is 44.7. The number of rotatable bonds is 5. The summed E-state index contributed by atoms with van der Waals surface area (Å²) in [6, 6.07) is 11.1. The van der Waals surface area contributed by atoms with Crippen molar-refractivity contribution in [3.05, 3.63) is 82.8 Å². The van der Waals surface area contributed by atoms with Gasteiger partial charge in [-0.3, -0.25) is 9.78 Å². The minimum Gasteiger partial charge on any atom is -0.383 e. The number of amides is 1. The maximum atomic E-state index is 13.6. The highest BCUT2D eigenvalue weighted by atomic mass is 32.2. The van der Waals surface area contributed by atoms with Gasteiger partial charge in [0.15, 0.2) is 0 Å². The van der Waals surface area contributed by atoms with Crippen molar-refractivity contribution in [1.29, 1.82) is 0 Å². The Morgan fingerprint density at radius 3 is 2.73 bits per heavy atom. The van der Waals surface area contributed by atoms with Gasteiger partial charge in [0.05, 0.1) is 36.0 Å². The molecule has 0 bridgehead atoms. The molecule has 4 aromatic rings. The number of nitrogen functional groups attached to an aromatic ring is 1. The average molecular weight is 526 g/mol.